The molecular formula is C14H18N4O2. The zero-order valence-electron chi connectivity index (χ0n) is 11.6. The van der Waals surface area contributed by atoms with E-state index in [0.717, 1.165) is 11.5 Å². The number of aryl methyl sites for hydroxylation is 1. The number of rotatable bonds is 5. The lowest BCUT2D eigenvalue weighted by Gasteiger charge is -2.14. The van der Waals surface area contributed by atoms with Crippen LogP contribution >= 0.6 is 0 Å². The summed E-state index contributed by atoms with van der Waals surface area (Å²) < 4.78 is 5.57. The van der Waals surface area contributed by atoms with E-state index < -0.39 is 0 Å². The van der Waals surface area contributed by atoms with Crippen LogP contribution in [0.4, 0.5) is 0 Å². The van der Waals surface area contributed by atoms with E-state index in [9.17, 15) is 4.79 Å². The largest absolute Gasteiger partial charge is 0.464 e. The highest BCUT2D eigenvalue weighted by Gasteiger charge is 2.15. The van der Waals surface area contributed by atoms with Crippen LogP contribution in [0.2, 0.25) is 0 Å². The molecule has 106 valence electrons. The van der Waals surface area contributed by atoms with Crippen LogP contribution in [-0.4, -0.2) is 22.8 Å². The molecule has 0 aliphatic rings. The monoisotopic (exact) mass is 274 g/mol. The molecule has 6 heteroatoms. The molecule has 0 aliphatic carbocycles. The molecule has 2 aromatic heterocycles. The summed E-state index contributed by atoms with van der Waals surface area (Å²) in [5.74, 6) is 6.07. The van der Waals surface area contributed by atoms with Crippen molar-refractivity contribution in [2.24, 2.45) is 5.84 Å². The fraction of sp³-hybridized carbons (Fsp3) is 0.286. The average Bonchev–Trinajstić information content (AvgIpc) is 2.79. The van der Waals surface area contributed by atoms with Gasteiger partial charge in [-0.05, 0) is 32.2 Å². The van der Waals surface area contributed by atoms with E-state index in [1.54, 1.807) is 19.2 Å². The van der Waals surface area contributed by atoms with Crippen molar-refractivity contribution in [3.05, 3.63) is 53.2 Å². The maximum Gasteiger partial charge on any atom is 0.268 e. The summed E-state index contributed by atoms with van der Waals surface area (Å²) in [6.07, 6.45) is 1.77. The Morgan fingerprint density at radius 2 is 2.25 bits per heavy atom. The summed E-state index contributed by atoms with van der Waals surface area (Å²) in [5.41, 5.74) is 3.56. The number of nitrogens with two attached hydrogens (primary N) is 1. The van der Waals surface area contributed by atoms with E-state index in [0.29, 0.717) is 24.4 Å². The summed E-state index contributed by atoms with van der Waals surface area (Å²) in [4.78, 5) is 17.8. The Morgan fingerprint density at radius 3 is 2.90 bits per heavy atom. The first-order valence-corrected chi connectivity index (χ1v) is 6.29. The first kappa shape index (κ1) is 14.2. The second kappa shape index (κ2) is 6.31. The average molecular weight is 274 g/mol. The molecule has 0 spiro atoms. The van der Waals surface area contributed by atoms with E-state index in [2.05, 4.69) is 15.3 Å². The molecule has 6 nitrogen and oxygen atoms in total. The van der Waals surface area contributed by atoms with Gasteiger partial charge < -0.3 is 4.42 Å². The molecule has 3 N–H and O–H groups in total. The minimum Gasteiger partial charge on any atom is -0.464 e. The fourth-order valence-corrected chi connectivity index (χ4v) is 2.01. The number of hydrogen-bond acceptors (Lipinski definition) is 5. The molecule has 1 amide bonds. The van der Waals surface area contributed by atoms with Gasteiger partial charge in [0.1, 0.15) is 11.5 Å². The number of aromatic nitrogens is 1. The predicted octanol–water partition coefficient (Wildman–Crippen LogP) is 1.22. The number of hydrogen-bond donors (Lipinski definition) is 2. The van der Waals surface area contributed by atoms with Gasteiger partial charge >= 0.3 is 0 Å². The van der Waals surface area contributed by atoms with Crippen molar-refractivity contribution in [1.29, 1.82) is 0 Å². The molecule has 0 aromatic carbocycles. The van der Waals surface area contributed by atoms with Crippen molar-refractivity contribution in [2.75, 3.05) is 7.05 Å². The van der Waals surface area contributed by atoms with Crippen LogP contribution in [0.25, 0.3) is 0 Å². The minimum atomic E-state index is -0.343. The Bertz CT molecular complexity index is 580. The van der Waals surface area contributed by atoms with Crippen molar-refractivity contribution < 1.29 is 9.21 Å². The van der Waals surface area contributed by atoms with Gasteiger partial charge in [0.2, 0.25) is 0 Å². The number of hydrazine groups is 1. The zero-order chi connectivity index (χ0) is 14.5. The van der Waals surface area contributed by atoms with Crippen LogP contribution in [0.5, 0.6) is 0 Å². The highest BCUT2D eigenvalue weighted by Crippen LogP contribution is 2.16. The third-order valence-electron chi connectivity index (χ3n) is 2.93. The predicted molar refractivity (Wildman–Crippen MR) is 74.5 cm³/mol. The van der Waals surface area contributed by atoms with Crippen LogP contribution in [0.1, 0.15) is 27.6 Å². The van der Waals surface area contributed by atoms with Crippen molar-refractivity contribution in [3.63, 3.8) is 0 Å². The quantitative estimate of drug-likeness (QED) is 0.486. The maximum atomic E-state index is 11.5. The number of nitrogens with zero attached hydrogens (tertiary/aromatic N) is 2. The Labute approximate surface area is 117 Å². The first-order valence-electron chi connectivity index (χ1n) is 6.29. The summed E-state index contributed by atoms with van der Waals surface area (Å²) in [6.45, 7) is 3.04. The molecule has 0 saturated heterocycles. The number of carbonyl (C=O) groups is 1. The Hall–Kier alpha value is -2.18. The summed E-state index contributed by atoms with van der Waals surface area (Å²) in [5, 5.41) is 0. The van der Waals surface area contributed by atoms with Gasteiger partial charge in [0.15, 0.2) is 0 Å². The Morgan fingerprint density at radius 1 is 1.45 bits per heavy atom. The highest BCUT2D eigenvalue weighted by atomic mass is 16.3. The van der Waals surface area contributed by atoms with E-state index in [1.165, 1.54) is 0 Å². The second-order valence-electron chi connectivity index (χ2n) is 4.65. The number of carbonyl (C=O) groups excluding carboxylic acids is 1. The molecule has 0 bridgehead atoms. The van der Waals surface area contributed by atoms with Crippen LogP contribution in [0, 0.1) is 6.92 Å². The summed E-state index contributed by atoms with van der Waals surface area (Å²) in [6, 6.07) is 7.53. The molecule has 0 fully saturated rings. The standard InChI is InChI=1S/C14H18N4O2/c1-10-13(14(19)17-15)7-12(20-10)9-18(2)8-11-5-3-4-6-16-11/h3-7H,8-9,15H2,1-2H3,(H,17,19). The lowest BCUT2D eigenvalue weighted by Crippen LogP contribution is -2.30. The molecule has 0 radical (unpaired) electrons. The highest BCUT2D eigenvalue weighted by molar-refractivity contribution is 5.94. The molecule has 0 atom stereocenters. The molecular weight excluding hydrogens is 256 g/mol. The topological polar surface area (TPSA) is 84.4 Å². The van der Waals surface area contributed by atoms with Crippen molar-refractivity contribution in [2.45, 2.75) is 20.0 Å². The van der Waals surface area contributed by atoms with E-state index in [-0.39, 0.29) is 5.91 Å². The molecule has 2 aromatic rings. The van der Waals surface area contributed by atoms with E-state index in [1.807, 2.05) is 25.2 Å². The first-order chi connectivity index (χ1) is 9.60. The number of nitrogen functional groups attached to an aromatic ring is 1. The molecule has 2 heterocycles. The van der Waals surface area contributed by atoms with Gasteiger partial charge in [0.25, 0.3) is 5.91 Å². The van der Waals surface area contributed by atoms with Crippen molar-refractivity contribution in [3.8, 4) is 0 Å². The SMILES string of the molecule is Cc1oc(CN(C)Cc2ccccn2)cc1C(=O)NN. The van der Waals surface area contributed by atoms with Gasteiger partial charge in [0.05, 0.1) is 17.8 Å². The number of nitrogens with one attached hydrogen (secondary N) is 1. The minimum absolute atomic E-state index is 0.343. The van der Waals surface area contributed by atoms with Gasteiger partial charge in [-0.25, -0.2) is 5.84 Å². The zero-order valence-corrected chi connectivity index (χ0v) is 11.6. The summed E-state index contributed by atoms with van der Waals surface area (Å²) in [7, 11) is 1.97. The maximum absolute atomic E-state index is 11.5. The van der Waals surface area contributed by atoms with Crippen molar-refractivity contribution in [1.82, 2.24) is 15.3 Å². The number of pyridine rings is 1. The Kier molecular flexibility index (Phi) is 4.49. The normalized spacial score (nSPS) is 10.8. The second-order valence-corrected chi connectivity index (χ2v) is 4.65. The third-order valence-corrected chi connectivity index (χ3v) is 2.93. The Balaban J connectivity index is 2.01. The van der Waals surface area contributed by atoms with Crippen LogP contribution < -0.4 is 11.3 Å². The van der Waals surface area contributed by atoms with Gasteiger partial charge in [0, 0.05) is 12.7 Å². The number of furan rings is 1. The van der Waals surface area contributed by atoms with E-state index in [4.69, 9.17) is 10.3 Å². The molecule has 0 unspecified atom stereocenters. The smallest absolute Gasteiger partial charge is 0.268 e. The number of amides is 1. The van der Waals surface area contributed by atoms with Gasteiger partial charge in [-0.1, -0.05) is 6.07 Å². The van der Waals surface area contributed by atoms with Crippen LogP contribution in [-0.2, 0) is 13.1 Å². The van der Waals surface area contributed by atoms with Crippen LogP contribution in [0.3, 0.4) is 0 Å². The van der Waals surface area contributed by atoms with Crippen molar-refractivity contribution >= 4 is 5.91 Å². The lowest BCUT2D eigenvalue weighted by atomic mass is 10.2. The molecule has 0 aliphatic heterocycles. The van der Waals surface area contributed by atoms with E-state index >= 15 is 0 Å². The van der Waals surface area contributed by atoms with Gasteiger partial charge in [-0.15, -0.1) is 0 Å². The van der Waals surface area contributed by atoms with Gasteiger partial charge in [-0.3, -0.25) is 20.1 Å². The lowest BCUT2D eigenvalue weighted by molar-refractivity contribution is 0.0952. The molecule has 0 saturated carbocycles. The van der Waals surface area contributed by atoms with Gasteiger partial charge in [-0.2, -0.15) is 0 Å². The molecule has 2 rings (SSSR count). The third kappa shape index (κ3) is 3.43. The summed E-state index contributed by atoms with van der Waals surface area (Å²) >= 11 is 0. The molecule has 20 heavy (non-hydrogen) atoms. The van der Waals surface area contributed by atoms with Crippen LogP contribution in [0.15, 0.2) is 34.9 Å². The fourth-order valence-electron chi connectivity index (χ4n) is 2.01.